The van der Waals surface area contributed by atoms with Crippen molar-refractivity contribution >= 4 is 11.6 Å². The summed E-state index contributed by atoms with van der Waals surface area (Å²) in [5.74, 6) is -0.957. The number of para-hydroxylation sites is 2. The molecule has 1 heterocycles. The molecule has 0 atom stereocenters. The molecule has 0 unspecified atom stereocenters. The quantitative estimate of drug-likeness (QED) is 0.553. The molecule has 1 aromatic heterocycles. The summed E-state index contributed by atoms with van der Waals surface area (Å²) in [5.41, 5.74) is -0.0545. The summed E-state index contributed by atoms with van der Waals surface area (Å²) in [6, 6.07) is 8.46. The number of ether oxygens (including phenoxy) is 2. The van der Waals surface area contributed by atoms with E-state index in [1.807, 2.05) is 0 Å². The molecule has 0 radical (unpaired) electrons. The van der Waals surface area contributed by atoms with Crippen LogP contribution >= 0.6 is 0 Å². The van der Waals surface area contributed by atoms with Gasteiger partial charge in [0.2, 0.25) is 5.88 Å². The summed E-state index contributed by atoms with van der Waals surface area (Å²) in [6.07, 6.45) is -3.26. The second-order valence-electron chi connectivity index (χ2n) is 5.16. The maximum Gasteiger partial charge on any atom is 0.422 e. The van der Waals surface area contributed by atoms with Gasteiger partial charge in [-0.25, -0.2) is 4.98 Å². The predicted molar refractivity (Wildman–Crippen MR) is 86.2 cm³/mol. The number of hydrogen-bond donors (Lipinski definition) is 1. The van der Waals surface area contributed by atoms with Crippen molar-refractivity contribution in [2.75, 3.05) is 13.2 Å². The van der Waals surface area contributed by atoms with E-state index in [0.29, 0.717) is 0 Å². The summed E-state index contributed by atoms with van der Waals surface area (Å²) in [7, 11) is 0. The Morgan fingerprint density at radius 3 is 2.63 bits per heavy atom. The van der Waals surface area contributed by atoms with E-state index in [1.54, 1.807) is 0 Å². The summed E-state index contributed by atoms with van der Waals surface area (Å²) in [6.45, 7) is -2.17. The molecule has 8 nitrogen and oxygen atoms in total. The molecule has 11 heteroatoms. The first-order chi connectivity index (χ1) is 12.8. The number of nitrogens with one attached hydrogen (secondary N) is 1. The number of amides is 1. The van der Waals surface area contributed by atoms with Crippen LogP contribution in [0.2, 0.25) is 0 Å². The Bertz CT molecular complexity index is 814. The van der Waals surface area contributed by atoms with Gasteiger partial charge in [0, 0.05) is 24.4 Å². The molecule has 1 amide bonds. The Morgan fingerprint density at radius 1 is 1.19 bits per heavy atom. The molecule has 0 aliphatic heterocycles. The van der Waals surface area contributed by atoms with Gasteiger partial charge < -0.3 is 14.8 Å². The number of carbonyl (C=O) groups excluding carboxylic acids is 1. The molecule has 2 aromatic rings. The molecule has 27 heavy (non-hydrogen) atoms. The smallest absolute Gasteiger partial charge is 0.422 e. The topological polar surface area (TPSA) is 104 Å². The number of alkyl halides is 3. The highest BCUT2D eigenvalue weighted by molar-refractivity contribution is 5.77. The number of halogens is 3. The molecule has 2 rings (SSSR count). The normalized spacial score (nSPS) is 10.9. The van der Waals surface area contributed by atoms with E-state index in [-0.39, 0.29) is 29.4 Å². The van der Waals surface area contributed by atoms with E-state index in [4.69, 9.17) is 4.74 Å². The van der Waals surface area contributed by atoms with E-state index in [1.165, 1.54) is 42.6 Å². The minimum atomic E-state index is -4.52. The summed E-state index contributed by atoms with van der Waals surface area (Å²) in [4.78, 5) is 25.8. The van der Waals surface area contributed by atoms with E-state index in [2.05, 4.69) is 15.0 Å². The van der Waals surface area contributed by atoms with Gasteiger partial charge in [-0.1, -0.05) is 18.2 Å². The molecule has 0 aliphatic carbocycles. The van der Waals surface area contributed by atoms with Crippen LogP contribution in [0.1, 0.15) is 5.56 Å². The van der Waals surface area contributed by atoms with Crippen LogP contribution in [0.25, 0.3) is 0 Å². The standard InChI is InChI=1S/C16H14F3N3O5/c17-16(18,19)10-27-15-11(4-3-7-20-15)8-21-14(23)9-26-13-6-2-1-5-12(13)22(24)25/h1-7H,8-10H2,(H,21,23). The van der Waals surface area contributed by atoms with Gasteiger partial charge in [0.25, 0.3) is 5.91 Å². The summed E-state index contributed by atoms with van der Waals surface area (Å²) >= 11 is 0. The summed E-state index contributed by atoms with van der Waals surface area (Å²) in [5, 5.41) is 13.3. The van der Waals surface area contributed by atoms with Crippen LogP contribution in [-0.2, 0) is 11.3 Å². The van der Waals surface area contributed by atoms with E-state index in [0.717, 1.165) is 0 Å². The zero-order valence-electron chi connectivity index (χ0n) is 13.7. The maximum absolute atomic E-state index is 12.3. The number of aromatic nitrogens is 1. The second kappa shape index (κ2) is 8.83. The molecule has 0 saturated carbocycles. The van der Waals surface area contributed by atoms with Crippen molar-refractivity contribution in [2.24, 2.45) is 0 Å². The SMILES string of the molecule is O=C(COc1ccccc1[N+](=O)[O-])NCc1cccnc1OCC(F)(F)F. The van der Waals surface area contributed by atoms with Gasteiger partial charge in [-0.2, -0.15) is 13.2 Å². The van der Waals surface area contributed by atoms with Crippen molar-refractivity contribution < 1.29 is 32.4 Å². The fourth-order valence-corrected chi connectivity index (χ4v) is 1.96. The van der Waals surface area contributed by atoms with E-state index >= 15 is 0 Å². The first-order valence-electron chi connectivity index (χ1n) is 7.52. The lowest BCUT2D eigenvalue weighted by atomic mass is 10.2. The number of nitrogens with zero attached hydrogens (tertiary/aromatic N) is 2. The van der Waals surface area contributed by atoms with Gasteiger partial charge in [-0.15, -0.1) is 0 Å². The molecule has 0 aliphatic rings. The minimum Gasteiger partial charge on any atom is -0.477 e. The molecule has 0 bridgehead atoms. The first-order valence-corrected chi connectivity index (χ1v) is 7.52. The fraction of sp³-hybridized carbons (Fsp3) is 0.250. The van der Waals surface area contributed by atoms with E-state index < -0.39 is 30.2 Å². The monoisotopic (exact) mass is 385 g/mol. The van der Waals surface area contributed by atoms with Crippen molar-refractivity contribution in [2.45, 2.75) is 12.7 Å². The number of hydrogen-bond acceptors (Lipinski definition) is 6. The van der Waals surface area contributed by atoms with Gasteiger partial charge in [-0.05, 0) is 12.1 Å². The van der Waals surface area contributed by atoms with Crippen LogP contribution in [0.15, 0.2) is 42.6 Å². The Morgan fingerprint density at radius 2 is 1.93 bits per heavy atom. The second-order valence-corrected chi connectivity index (χ2v) is 5.16. The number of nitro groups is 1. The van der Waals surface area contributed by atoms with Crippen molar-refractivity contribution in [1.29, 1.82) is 0 Å². The zero-order valence-corrected chi connectivity index (χ0v) is 13.7. The largest absolute Gasteiger partial charge is 0.477 e. The summed E-state index contributed by atoms with van der Waals surface area (Å²) < 4.78 is 46.5. The Balaban J connectivity index is 1.90. The fourth-order valence-electron chi connectivity index (χ4n) is 1.96. The van der Waals surface area contributed by atoms with Crippen LogP contribution in [0.3, 0.4) is 0 Å². The van der Waals surface area contributed by atoms with Crippen LogP contribution in [0.5, 0.6) is 11.6 Å². The lowest BCUT2D eigenvalue weighted by Gasteiger charge is -2.12. The lowest BCUT2D eigenvalue weighted by Crippen LogP contribution is -2.29. The predicted octanol–water partition coefficient (Wildman–Crippen LogP) is 2.63. The van der Waals surface area contributed by atoms with Crippen LogP contribution in [-0.4, -0.2) is 35.2 Å². The number of benzene rings is 1. The van der Waals surface area contributed by atoms with Crippen LogP contribution in [0, 0.1) is 10.1 Å². The number of carbonyl (C=O) groups is 1. The first kappa shape index (κ1) is 19.9. The molecule has 0 spiro atoms. The average Bonchev–Trinajstić information content (AvgIpc) is 2.63. The molecule has 0 saturated heterocycles. The van der Waals surface area contributed by atoms with Crippen molar-refractivity contribution in [3.63, 3.8) is 0 Å². The number of pyridine rings is 1. The zero-order chi connectivity index (χ0) is 19.9. The minimum absolute atomic E-state index is 0.0757. The third kappa shape index (κ3) is 6.45. The van der Waals surface area contributed by atoms with Gasteiger partial charge in [0.15, 0.2) is 19.0 Å². The van der Waals surface area contributed by atoms with Gasteiger partial charge in [0.1, 0.15) is 0 Å². The van der Waals surface area contributed by atoms with Crippen LogP contribution < -0.4 is 14.8 Å². The third-order valence-corrected chi connectivity index (χ3v) is 3.12. The average molecular weight is 385 g/mol. The molecule has 0 fully saturated rings. The Labute approximate surface area is 151 Å². The highest BCUT2D eigenvalue weighted by Gasteiger charge is 2.29. The molecule has 1 N–H and O–H groups in total. The molecular formula is C16H14F3N3O5. The molecular weight excluding hydrogens is 371 g/mol. The van der Waals surface area contributed by atoms with Crippen molar-refractivity contribution in [1.82, 2.24) is 10.3 Å². The van der Waals surface area contributed by atoms with E-state index in [9.17, 15) is 28.1 Å². The highest BCUT2D eigenvalue weighted by atomic mass is 19.4. The molecule has 144 valence electrons. The van der Waals surface area contributed by atoms with Crippen LogP contribution in [0.4, 0.5) is 18.9 Å². The highest BCUT2D eigenvalue weighted by Crippen LogP contribution is 2.25. The van der Waals surface area contributed by atoms with Crippen molar-refractivity contribution in [3.8, 4) is 11.6 Å². The Kier molecular flexibility index (Phi) is 6.52. The van der Waals surface area contributed by atoms with Crippen molar-refractivity contribution in [3.05, 3.63) is 58.3 Å². The molecule has 1 aromatic carbocycles. The number of nitro benzene ring substituents is 1. The maximum atomic E-state index is 12.3. The lowest BCUT2D eigenvalue weighted by molar-refractivity contribution is -0.385. The Hall–Kier alpha value is -3.37. The van der Waals surface area contributed by atoms with Gasteiger partial charge >= 0.3 is 11.9 Å². The van der Waals surface area contributed by atoms with Gasteiger partial charge in [0.05, 0.1) is 4.92 Å². The third-order valence-electron chi connectivity index (χ3n) is 3.12. The number of rotatable bonds is 8. The van der Waals surface area contributed by atoms with Gasteiger partial charge in [-0.3, -0.25) is 14.9 Å².